The van der Waals surface area contributed by atoms with E-state index in [1.165, 1.54) is 7.11 Å². The van der Waals surface area contributed by atoms with Crippen LogP contribution in [0, 0.1) is 0 Å². The van der Waals surface area contributed by atoms with Crippen molar-refractivity contribution in [1.82, 2.24) is 19.9 Å². The largest absolute Gasteiger partial charge is 0.465 e. The Morgan fingerprint density at radius 2 is 2.44 bits per heavy atom. The van der Waals surface area contributed by atoms with Gasteiger partial charge in [0.25, 0.3) is 0 Å². The normalized spacial score (nSPS) is 19.3. The number of carbonyl (C=O) groups excluding carboxylic acids is 1. The van der Waals surface area contributed by atoms with Crippen LogP contribution < -0.4 is 5.32 Å². The highest BCUT2D eigenvalue weighted by Crippen LogP contribution is 2.22. The molecule has 6 nitrogen and oxygen atoms in total. The number of fused-ring (bicyclic) bond motifs is 1. The molecule has 0 radical (unpaired) electrons. The molecule has 0 aliphatic carbocycles. The molecule has 0 saturated carbocycles. The van der Waals surface area contributed by atoms with Crippen molar-refractivity contribution in [3.8, 4) is 0 Å². The SMILES string of the molecule is COC(=O)c1cccn2c(C3CCNC3)nnc12. The number of nitrogens with one attached hydrogen (secondary N) is 1. The average molecular weight is 246 g/mol. The summed E-state index contributed by atoms with van der Waals surface area (Å²) in [6.07, 6.45) is 2.93. The van der Waals surface area contributed by atoms with Crippen molar-refractivity contribution in [3.05, 3.63) is 29.7 Å². The Bertz CT molecular complexity index is 587. The Kier molecular flexibility index (Phi) is 2.71. The van der Waals surface area contributed by atoms with E-state index in [9.17, 15) is 4.79 Å². The Balaban J connectivity index is 2.11. The highest BCUT2D eigenvalue weighted by Gasteiger charge is 2.23. The molecule has 0 spiro atoms. The van der Waals surface area contributed by atoms with E-state index in [-0.39, 0.29) is 5.97 Å². The molecule has 6 heteroatoms. The quantitative estimate of drug-likeness (QED) is 0.785. The van der Waals surface area contributed by atoms with E-state index in [1.54, 1.807) is 6.07 Å². The predicted molar refractivity (Wildman–Crippen MR) is 64.6 cm³/mol. The molecule has 94 valence electrons. The highest BCUT2D eigenvalue weighted by atomic mass is 16.5. The van der Waals surface area contributed by atoms with Gasteiger partial charge in [-0.3, -0.25) is 4.40 Å². The number of nitrogens with zero attached hydrogens (tertiary/aromatic N) is 3. The summed E-state index contributed by atoms with van der Waals surface area (Å²) >= 11 is 0. The van der Waals surface area contributed by atoms with Gasteiger partial charge in [0.15, 0.2) is 5.65 Å². The summed E-state index contributed by atoms with van der Waals surface area (Å²) in [5.74, 6) is 0.873. The van der Waals surface area contributed by atoms with E-state index in [0.29, 0.717) is 17.1 Å². The van der Waals surface area contributed by atoms with Crippen molar-refractivity contribution in [2.24, 2.45) is 0 Å². The number of aromatic nitrogens is 3. The molecule has 2 aromatic heterocycles. The molecule has 18 heavy (non-hydrogen) atoms. The molecular weight excluding hydrogens is 232 g/mol. The van der Waals surface area contributed by atoms with Gasteiger partial charge in [0.2, 0.25) is 0 Å². The molecule has 0 amide bonds. The van der Waals surface area contributed by atoms with Gasteiger partial charge in [0.05, 0.1) is 7.11 Å². The summed E-state index contributed by atoms with van der Waals surface area (Å²) in [6.45, 7) is 1.90. The van der Waals surface area contributed by atoms with Gasteiger partial charge in [-0.15, -0.1) is 10.2 Å². The van der Waals surface area contributed by atoms with E-state index in [0.717, 1.165) is 25.3 Å². The second-order valence-electron chi connectivity index (χ2n) is 4.35. The lowest BCUT2D eigenvalue weighted by Gasteiger charge is -2.06. The fourth-order valence-corrected chi connectivity index (χ4v) is 2.36. The first kappa shape index (κ1) is 11.2. The van der Waals surface area contributed by atoms with Crippen molar-refractivity contribution in [2.75, 3.05) is 20.2 Å². The maximum atomic E-state index is 11.6. The third-order valence-corrected chi connectivity index (χ3v) is 3.29. The Morgan fingerprint density at radius 1 is 1.56 bits per heavy atom. The molecule has 3 heterocycles. The topological polar surface area (TPSA) is 68.5 Å². The van der Waals surface area contributed by atoms with Crippen molar-refractivity contribution >= 4 is 11.6 Å². The lowest BCUT2D eigenvalue weighted by Crippen LogP contribution is -2.10. The molecule has 1 aliphatic heterocycles. The zero-order valence-corrected chi connectivity index (χ0v) is 10.1. The molecule has 0 aromatic carbocycles. The van der Waals surface area contributed by atoms with E-state index < -0.39 is 0 Å². The second-order valence-corrected chi connectivity index (χ2v) is 4.35. The summed E-state index contributed by atoms with van der Waals surface area (Å²) in [5, 5.41) is 11.6. The predicted octanol–water partition coefficient (Wildman–Crippen LogP) is 0.593. The monoisotopic (exact) mass is 246 g/mol. The van der Waals surface area contributed by atoms with Gasteiger partial charge in [0.1, 0.15) is 11.4 Å². The summed E-state index contributed by atoms with van der Waals surface area (Å²) in [4.78, 5) is 11.6. The van der Waals surface area contributed by atoms with Crippen LogP contribution in [0.15, 0.2) is 18.3 Å². The van der Waals surface area contributed by atoms with Crippen LogP contribution in [0.1, 0.15) is 28.5 Å². The standard InChI is InChI=1S/C12H14N4O2/c1-18-12(17)9-3-2-6-16-10(14-15-11(9)16)8-4-5-13-7-8/h2-3,6,8,13H,4-5,7H2,1H3. The Hall–Kier alpha value is -1.95. The first-order valence-corrected chi connectivity index (χ1v) is 5.94. The van der Waals surface area contributed by atoms with Crippen LogP contribution in [-0.4, -0.2) is 40.8 Å². The fraction of sp³-hybridized carbons (Fsp3) is 0.417. The number of hydrogen-bond donors (Lipinski definition) is 1. The summed E-state index contributed by atoms with van der Waals surface area (Å²) in [6, 6.07) is 3.51. The molecule has 0 bridgehead atoms. The Morgan fingerprint density at radius 3 is 3.17 bits per heavy atom. The van der Waals surface area contributed by atoms with Crippen molar-refractivity contribution in [2.45, 2.75) is 12.3 Å². The maximum absolute atomic E-state index is 11.6. The molecule has 1 saturated heterocycles. The third-order valence-electron chi connectivity index (χ3n) is 3.29. The smallest absolute Gasteiger partial charge is 0.341 e. The highest BCUT2D eigenvalue weighted by molar-refractivity contribution is 5.95. The second kappa shape index (κ2) is 4.38. The molecule has 1 atom stereocenters. The van der Waals surface area contributed by atoms with Gasteiger partial charge in [-0.1, -0.05) is 0 Å². The number of ether oxygens (including phenoxy) is 1. The van der Waals surface area contributed by atoms with Crippen LogP contribution >= 0.6 is 0 Å². The summed E-state index contributed by atoms with van der Waals surface area (Å²) in [7, 11) is 1.37. The number of carbonyl (C=O) groups is 1. The number of hydrogen-bond acceptors (Lipinski definition) is 5. The van der Waals surface area contributed by atoms with Crippen LogP contribution in [0.4, 0.5) is 0 Å². The molecule has 1 N–H and O–H groups in total. The van der Waals surface area contributed by atoms with Gasteiger partial charge in [-0.2, -0.15) is 0 Å². The van der Waals surface area contributed by atoms with Gasteiger partial charge in [-0.25, -0.2) is 4.79 Å². The molecule has 2 aromatic rings. The lowest BCUT2D eigenvalue weighted by atomic mass is 10.1. The van der Waals surface area contributed by atoms with Gasteiger partial charge in [0, 0.05) is 18.7 Å². The fourth-order valence-electron chi connectivity index (χ4n) is 2.36. The van der Waals surface area contributed by atoms with Crippen molar-refractivity contribution < 1.29 is 9.53 Å². The van der Waals surface area contributed by atoms with E-state index in [1.807, 2.05) is 16.7 Å². The zero-order valence-electron chi connectivity index (χ0n) is 10.1. The molecule has 1 unspecified atom stereocenters. The summed E-state index contributed by atoms with van der Waals surface area (Å²) in [5.41, 5.74) is 1.01. The van der Waals surface area contributed by atoms with Gasteiger partial charge in [-0.05, 0) is 25.1 Å². The van der Waals surface area contributed by atoms with Crippen LogP contribution in [-0.2, 0) is 4.74 Å². The average Bonchev–Trinajstić information content (AvgIpc) is 3.05. The maximum Gasteiger partial charge on any atom is 0.341 e. The number of rotatable bonds is 2. The van der Waals surface area contributed by atoms with Crippen LogP contribution in [0.25, 0.3) is 5.65 Å². The minimum Gasteiger partial charge on any atom is -0.465 e. The first-order valence-electron chi connectivity index (χ1n) is 5.94. The number of methoxy groups -OCH3 is 1. The molecule has 1 aliphatic rings. The van der Waals surface area contributed by atoms with Crippen LogP contribution in [0.5, 0.6) is 0 Å². The van der Waals surface area contributed by atoms with Gasteiger partial charge >= 0.3 is 5.97 Å². The number of pyridine rings is 1. The van der Waals surface area contributed by atoms with Crippen LogP contribution in [0.2, 0.25) is 0 Å². The summed E-state index contributed by atoms with van der Waals surface area (Å²) < 4.78 is 6.63. The minimum atomic E-state index is -0.385. The van der Waals surface area contributed by atoms with E-state index in [4.69, 9.17) is 4.74 Å². The van der Waals surface area contributed by atoms with Crippen molar-refractivity contribution in [3.63, 3.8) is 0 Å². The molecular formula is C12H14N4O2. The lowest BCUT2D eigenvalue weighted by molar-refractivity contribution is 0.0602. The third kappa shape index (κ3) is 1.65. The number of esters is 1. The first-order chi connectivity index (χ1) is 8.81. The Labute approximate surface area is 104 Å². The van der Waals surface area contributed by atoms with Crippen molar-refractivity contribution in [1.29, 1.82) is 0 Å². The van der Waals surface area contributed by atoms with E-state index >= 15 is 0 Å². The molecule has 3 rings (SSSR count). The van der Waals surface area contributed by atoms with E-state index in [2.05, 4.69) is 15.5 Å². The minimum absolute atomic E-state index is 0.355. The van der Waals surface area contributed by atoms with Gasteiger partial charge < -0.3 is 10.1 Å². The molecule has 1 fully saturated rings. The zero-order chi connectivity index (χ0) is 12.5. The van der Waals surface area contributed by atoms with Crippen LogP contribution in [0.3, 0.4) is 0 Å².